The average Bonchev–Trinajstić information content (AvgIpc) is 2.65. The normalized spacial score (nSPS) is 26.2. The Morgan fingerprint density at radius 1 is 1.24 bits per heavy atom. The molecule has 2 aliphatic rings. The molecule has 86 valence electrons. The molecule has 0 saturated heterocycles. The predicted octanol–water partition coefficient (Wildman–Crippen LogP) is 2.43. The first kappa shape index (κ1) is 10.5. The fourth-order valence-electron chi connectivity index (χ4n) is 3.13. The van der Waals surface area contributed by atoms with E-state index in [2.05, 4.69) is 12.1 Å². The van der Waals surface area contributed by atoms with Gasteiger partial charge in [0.1, 0.15) is 5.78 Å². The maximum Gasteiger partial charge on any atom is 0.167 e. The number of hydrogen-bond donors (Lipinski definition) is 0. The first-order chi connectivity index (χ1) is 8.18. The van der Waals surface area contributed by atoms with Crippen molar-refractivity contribution >= 4 is 11.6 Å². The highest BCUT2D eigenvalue weighted by molar-refractivity contribution is 6.10. The highest BCUT2D eigenvalue weighted by Crippen LogP contribution is 2.45. The van der Waals surface area contributed by atoms with Crippen LogP contribution in [0.1, 0.15) is 30.4 Å². The number of hydrogen-bond acceptors (Lipinski definition) is 2. The molecule has 0 radical (unpaired) electrons. The first-order valence-corrected chi connectivity index (χ1v) is 6.01. The number of Topliss-reactive ketones (excluding diaryl/α,β-unsaturated/α-hetero) is 1. The smallest absolute Gasteiger partial charge is 0.167 e. The number of rotatable bonds is 1. The molecule has 0 N–H and O–H groups in total. The standard InChI is InChI=1S/C15H14O2/c1-9(16)14-13(17)8-11-7-6-10-4-2-3-5-12(10)15(11)14/h2-5,8,14-15H,6-7H2,1H3/t14-,15+/m0/s1. The van der Waals surface area contributed by atoms with Crippen molar-refractivity contribution in [1.29, 1.82) is 0 Å². The van der Waals surface area contributed by atoms with Crippen molar-refractivity contribution in [3.8, 4) is 0 Å². The van der Waals surface area contributed by atoms with Crippen LogP contribution in [0.25, 0.3) is 0 Å². The van der Waals surface area contributed by atoms with Gasteiger partial charge in [-0.2, -0.15) is 0 Å². The first-order valence-electron chi connectivity index (χ1n) is 6.01. The van der Waals surface area contributed by atoms with Crippen LogP contribution in [0.2, 0.25) is 0 Å². The summed E-state index contributed by atoms with van der Waals surface area (Å²) in [7, 11) is 0. The van der Waals surface area contributed by atoms with Gasteiger partial charge in [-0.05, 0) is 37.0 Å². The van der Waals surface area contributed by atoms with E-state index in [1.165, 1.54) is 18.1 Å². The summed E-state index contributed by atoms with van der Waals surface area (Å²) >= 11 is 0. The van der Waals surface area contributed by atoms with Gasteiger partial charge in [0.25, 0.3) is 0 Å². The van der Waals surface area contributed by atoms with Gasteiger partial charge in [0.05, 0.1) is 5.92 Å². The maximum atomic E-state index is 11.9. The van der Waals surface area contributed by atoms with E-state index in [1.54, 1.807) is 6.08 Å². The number of ketones is 2. The maximum absolute atomic E-state index is 11.9. The zero-order valence-electron chi connectivity index (χ0n) is 9.77. The molecular formula is C15H14O2. The van der Waals surface area contributed by atoms with Crippen LogP contribution in [0.4, 0.5) is 0 Å². The summed E-state index contributed by atoms with van der Waals surface area (Å²) in [6.07, 6.45) is 3.60. The Morgan fingerprint density at radius 3 is 2.76 bits per heavy atom. The van der Waals surface area contributed by atoms with Crippen LogP contribution in [-0.4, -0.2) is 11.6 Å². The molecule has 2 atom stereocenters. The Hall–Kier alpha value is -1.70. The molecule has 1 aromatic carbocycles. The third-order valence-electron chi connectivity index (χ3n) is 3.88. The summed E-state index contributed by atoms with van der Waals surface area (Å²) in [4.78, 5) is 23.6. The minimum absolute atomic E-state index is 0.00537. The molecule has 0 saturated carbocycles. The number of aryl methyl sites for hydroxylation is 1. The van der Waals surface area contributed by atoms with E-state index in [4.69, 9.17) is 0 Å². The second-order valence-corrected chi connectivity index (χ2v) is 4.89. The van der Waals surface area contributed by atoms with E-state index in [0.717, 1.165) is 18.4 Å². The lowest BCUT2D eigenvalue weighted by molar-refractivity contribution is -0.128. The molecule has 1 aromatic rings. The Kier molecular flexibility index (Phi) is 2.25. The highest BCUT2D eigenvalue weighted by atomic mass is 16.1. The van der Waals surface area contributed by atoms with Crippen molar-refractivity contribution < 1.29 is 9.59 Å². The molecule has 0 bridgehead atoms. The summed E-state index contributed by atoms with van der Waals surface area (Å²) in [6, 6.07) is 8.17. The van der Waals surface area contributed by atoms with E-state index >= 15 is 0 Å². The van der Waals surface area contributed by atoms with Crippen LogP contribution < -0.4 is 0 Å². The lowest BCUT2D eigenvalue weighted by Gasteiger charge is -2.27. The SMILES string of the molecule is CC(=O)[C@H]1C(=O)C=C2CCc3ccccc3[C@@H]21. The van der Waals surface area contributed by atoms with E-state index in [0.29, 0.717) is 0 Å². The van der Waals surface area contributed by atoms with E-state index in [9.17, 15) is 9.59 Å². The van der Waals surface area contributed by atoms with Gasteiger partial charge in [0, 0.05) is 5.92 Å². The van der Waals surface area contributed by atoms with Crippen LogP contribution in [0, 0.1) is 5.92 Å². The number of carbonyl (C=O) groups excluding carboxylic acids is 2. The number of carbonyl (C=O) groups is 2. The van der Waals surface area contributed by atoms with Gasteiger partial charge in [-0.15, -0.1) is 0 Å². The van der Waals surface area contributed by atoms with E-state index in [1.807, 2.05) is 12.1 Å². The molecule has 2 heteroatoms. The molecule has 0 heterocycles. The second kappa shape index (κ2) is 3.66. The molecule has 3 rings (SSSR count). The van der Waals surface area contributed by atoms with E-state index in [-0.39, 0.29) is 17.5 Å². The van der Waals surface area contributed by atoms with Crippen molar-refractivity contribution in [3.63, 3.8) is 0 Å². The zero-order valence-corrected chi connectivity index (χ0v) is 9.77. The Bertz CT molecular complexity index is 540. The molecule has 0 unspecified atom stereocenters. The zero-order chi connectivity index (χ0) is 12.0. The summed E-state index contributed by atoms with van der Waals surface area (Å²) < 4.78 is 0. The van der Waals surface area contributed by atoms with Gasteiger partial charge >= 0.3 is 0 Å². The Morgan fingerprint density at radius 2 is 2.00 bits per heavy atom. The lowest BCUT2D eigenvalue weighted by Crippen LogP contribution is -2.25. The van der Waals surface area contributed by atoms with Gasteiger partial charge in [-0.1, -0.05) is 29.8 Å². The van der Waals surface area contributed by atoms with Crippen LogP contribution in [0.15, 0.2) is 35.9 Å². The summed E-state index contributed by atoms with van der Waals surface area (Å²) in [5.74, 6) is -0.464. The predicted molar refractivity (Wildman–Crippen MR) is 64.8 cm³/mol. The Balaban J connectivity index is 2.14. The molecule has 0 aromatic heterocycles. The third kappa shape index (κ3) is 1.47. The molecular weight excluding hydrogens is 212 g/mol. The quantitative estimate of drug-likeness (QED) is 0.689. The van der Waals surface area contributed by atoms with Crippen molar-refractivity contribution in [1.82, 2.24) is 0 Å². The van der Waals surface area contributed by atoms with Gasteiger partial charge in [-0.25, -0.2) is 0 Å². The number of fused-ring (bicyclic) bond motifs is 3. The third-order valence-corrected chi connectivity index (χ3v) is 3.88. The number of benzene rings is 1. The minimum Gasteiger partial charge on any atom is -0.299 e. The van der Waals surface area contributed by atoms with E-state index < -0.39 is 5.92 Å². The fraction of sp³-hybridized carbons (Fsp3) is 0.333. The summed E-state index contributed by atoms with van der Waals surface area (Å²) in [5, 5.41) is 0. The number of allylic oxidation sites excluding steroid dienone is 2. The average molecular weight is 226 g/mol. The van der Waals surface area contributed by atoms with Crippen LogP contribution in [0.5, 0.6) is 0 Å². The van der Waals surface area contributed by atoms with Crippen molar-refractivity contribution in [2.24, 2.45) is 5.92 Å². The van der Waals surface area contributed by atoms with Crippen LogP contribution >= 0.6 is 0 Å². The summed E-state index contributed by atoms with van der Waals surface area (Å²) in [6.45, 7) is 1.52. The molecule has 2 nitrogen and oxygen atoms in total. The van der Waals surface area contributed by atoms with Crippen LogP contribution in [-0.2, 0) is 16.0 Å². The minimum atomic E-state index is -0.466. The van der Waals surface area contributed by atoms with Crippen molar-refractivity contribution in [3.05, 3.63) is 47.0 Å². The van der Waals surface area contributed by atoms with Gasteiger partial charge in [0.2, 0.25) is 0 Å². The van der Waals surface area contributed by atoms with Crippen molar-refractivity contribution in [2.45, 2.75) is 25.7 Å². The highest BCUT2D eigenvalue weighted by Gasteiger charge is 2.42. The monoisotopic (exact) mass is 226 g/mol. The molecule has 0 fully saturated rings. The lowest BCUT2D eigenvalue weighted by atomic mass is 9.75. The molecule has 0 amide bonds. The fourth-order valence-corrected chi connectivity index (χ4v) is 3.13. The summed E-state index contributed by atoms with van der Waals surface area (Å²) in [5.41, 5.74) is 3.61. The molecule has 0 spiro atoms. The van der Waals surface area contributed by atoms with Crippen molar-refractivity contribution in [2.75, 3.05) is 0 Å². The molecule has 2 aliphatic carbocycles. The topological polar surface area (TPSA) is 34.1 Å². The van der Waals surface area contributed by atoms with Crippen LogP contribution in [0.3, 0.4) is 0 Å². The molecule has 17 heavy (non-hydrogen) atoms. The van der Waals surface area contributed by atoms with Gasteiger partial charge in [-0.3, -0.25) is 9.59 Å². The van der Waals surface area contributed by atoms with Gasteiger partial charge < -0.3 is 0 Å². The largest absolute Gasteiger partial charge is 0.299 e. The second-order valence-electron chi connectivity index (χ2n) is 4.89. The van der Waals surface area contributed by atoms with Gasteiger partial charge in [0.15, 0.2) is 5.78 Å². The Labute approximate surface area is 100 Å². The molecule has 0 aliphatic heterocycles.